The molecule has 0 fully saturated rings. The molecule has 0 spiro atoms. The smallest absolute Gasteiger partial charge is 0.227 e. The minimum absolute atomic E-state index is 0.0206. The van der Waals surface area contributed by atoms with Gasteiger partial charge in [0.1, 0.15) is 0 Å². The largest absolute Gasteiger partial charge is 0.399 e. The fourth-order valence-corrected chi connectivity index (χ4v) is 1.69. The molecule has 106 valence electrons. The van der Waals surface area contributed by atoms with Crippen molar-refractivity contribution in [1.29, 1.82) is 0 Å². The molecule has 0 bridgehead atoms. The molecule has 1 aromatic carbocycles. The van der Waals surface area contributed by atoms with Crippen LogP contribution in [0.5, 0.6) is 0 Å². The maximum atomic E-state index is 11.9. The van der Waals surface area contributed by atoms with E-state index in [4.69, 9.17) is 15.6 Å². The minimum Gasteiger partial charge on any atom is -0.399 e. The van der Waals surface area contributed by atoms with Crippen LogP contribution in [0.3, 0.4) is 0 Å². The molecule has 0 heterocycles. The van der Waals surface area contributed by atoms with Crippen molar-refractivity contribution in [1.82, 2.24) is 5.32 Å². The molecule has 0 aliphatic heterocycles. The number of ether oxygens (including phenoxy) is 1. The molecule has 1 atom stereocenters. The van der Waals surface area contributed by atoms with Crippen molar-refractivity contribution in [3.63, 3.8) is 0 Å². The number of carbonyl (C=O) groups is 1. The van der Waals surface area contributed by atoms with Gasteiger partial charge in [0, 0.05) is 18.8 Å². The van der Waals surface area contributed by atoms with E-state index in [0.29, 0.717) is 25.4 Å². The Morgan fingerprint density at radius 3 is 2.95 bits per heavy atom. The number of nitrogens with two attached hydrogens (primary N) is 1. The number of carbonyl (C=O) groups excluding carboxylic acids is 1. The second kappa shape index (κ2) is 8.50. The topological polar surface area (TPSA) is 84.6 Å². The van der Waals surface area contributed by atoms with Gasteiger partial charge < -0.3 is 20.9 Å². The minimum atomic E-state index is -0.220. The zero-order chi connectivity index (χ0) is 14.1. The van der Waals surface area contributed by atoms with Crippen LogP contribution in [0.4, 0.5) is 5.69 Å². The molecule has 0 saturated carbocycles. The van der Waals surface area contributed by atoms with Gasteiger partial charge in [-0.15, -0.1) is 0 Å². The van der Waals surface area contributed by atoms with Gasteiger partial charge in [-0.1, -0.05) is 12.1 Å². The van der Waals surface area contributed by atoms with Crippen molar-refractivity contribution in [2.75, 3.05) is 32.1 Å². The summed E-state index contributed by atoms with van der Waals surface area (Å²) in [6, 6.07) is 7.35. The molecule has 1 unspecified atom stereocenters. The Balaban J connectivity index is 2.29. The molecular weight excluding hydrogens is 244 g/mol. The zero-order valence-electron chi connectivity index (χ0n) is 11.3. The average molecular weight is 266 g/mol. The van der Waals surface area contributed by atoms with Crippen molar-refractivity contribution in [3.8, 4) is 0 Å². The first-order chi connectivity index (χ1) is 9.15. The van der Waals surface area contributed by atoms with E-state index < -0.39 is 0 Å². The van der Waals surface area contributed by atoms with Gasteiger partial charge in [-0.2, -0.15) is 0 Å². The molecule has 19 heavy (non-hydrogen) atoms. The van der Waals surface area contributed by atoms with Gasteiger partial charge in [-0.05, 0) is 31.0 Å². The quantitative estimate of drug-likeness (QED) is 0.482. The van der Waals surface area contributed by atoms with E-state index in [1.165, 1.54) is 0 Å². The third kappa shape index (κ3) is 5.72. The fourth-order valence-electron chi connectivity index (χ4n) is 1.69. The summed E-state index contributed by atoms with van der Waals surface area (Å²) in [4.78, 5) is 11.9. The third-order valence-electron chi connectivity index (χ3n) is 2.80. The number of hydrogen-bond acceptors (Lipinski definition) is 4. The van der Waals surface area contributed by atoms with Crippen LogP contribution in [0, 0.1) is 0 Å². The van der Waals surface area contributed by atoms with Crippen LogP contribution in [0.15, 0.2) is 24.3 Å². The number of rotatable bonds is 8. The van der Waals surface area contributed by atoms with Crippen molar-refractivity contribution in [3.05, 3.63) is 29.8 Å². The molecule has 0 aromatic heterocycles. The summed E-state index contributed by atoms with van der Waals surface area (Å²) >= 11 is 0. The Labute approximate surface area is 113 Å². The number of amides is 1. The Morgan fingerprint density at radius 1 is 1.47 bits per heavy atom. The number of nitrogens with one attached hydrogen (secondary N) is 1. The van der Waals surface area contributed by atoms with Gasteiger partial charge in [0.2, 0.25) is 5.91 Å². The summed E-state index contributed by atoms with van der Waals surface area (Å²) in [5, 5.41) is 11.4. The summed E-state index contributed by atoms with van der Waals surface area (Å²) in [6.07, 6.45) is 0.732. The van der Waals surface area contributed by atoms with E-state index in [0.717, 1.165) is 12.0 Å². The number of anilines is 1. The number of aliphatic hydroxyl groups is 1. The highest BCUT2D eigenvalue weighted by atomic mass is 16.5. The van der Waals surface area contributed by atoms with Crippen LogP contribution in [-0.4, -0.2) is 37.4 Å². The van der Waals surface area contributed by atoms with Crippen LogP contribution in [-0.2, 0) is 9.53 Å². The number of nitrogen functional groups attached to an aromatic ring is 1. The van der Waals surface area contributed by atoms with E-state index in [2.05, 4.69) is 5.32 Å². The second-order valence-corrected chi connectivity index (χ2v) is 4.37. The van der Waals surface area contributed by atoms with Gasteiger partial charge in [0.05, 0.1) is 19.1 Å². The predicted molar refractivity (Wildman–Crippen MR) is 74.8 cm³/mol. The molecule has 4 N–H and O–H groups in total. The molecule has 0 saturated heterocycles. The maximum Gasteiger partial charge on any atom is 0.227 e. The van der Waals surface area contributed by atoms with E-state index in [9.17, 15) is 4.79 Å². The van der Waals surface area contributed by atoms with Crippen LogP contribution in [0.1, 0.15) is 24.8 Å². The molecule has 0 radical (unpaired) electrons. The fraction of sp³-hybridized carbons (Fsp3) is 0.500. The lowest BCUT2D eigenvalue weighted by Crippen LogP contribution is -2.29. The molecule has 1 aromatic rings. The summed E-state index contributed by atoms with van der Waals surface area (Å²) in [6.45, 7) is 3.32. The highest BCUT2D eigenvalue weighted by molar-refractivity contribution is 5.83. The first kappa shape index (κ1) is 15.5. The third-order valence-corrected chi connectivity index (χ3v) is 2.80. The first-order valence-electron chi connectivity index (χ1n) is 6.47. The molecule has 0 aliphatic carbocycles. The monoisotopic (exact) mass is 266 g/mol. The zero-order valence-corrected chi connectivity index (χ0v) is 11.3. The van der Waals surface area contributed by atoms with Gasteiger partial charge in [0.25, 0.3) is 0 Å². The standard InChI is InChI=1S/C14H22N2O3/c1-11(12-4-2-5-13(15)10-12)14(18)16-6-3-8-19-9-7-17/h2,4-5,10-11,17H,3,6-9,15H2,1H3,(H,16,18). The van der Waals surface area contributed by atoms with Crippen molar-refractivity contribution in [2.24, 2.45) is 0 Å². The van der Waals surface area contributed by atoms with Crippen molar-refractivity contribution < 1.29 is 14.6 Å². The first-order valence-corrected chi connectivity index (χ1v) is 6.47. The van der Waals surface area contributed by atoms with Crippen LogP contribution in [0.2, 0.25) is 0 Å². The normalized spacial score (nSPS) is 12.1. The molecule has 0 aliphatic rings. The van der Waals surface area contributed by atoms with Crippen LogP contribution in [0.25, 0.3) is 0 Å². The van der Waals surface area contributed by atoms with Gasteiger partial charge in [-0.25, -0.2) is 0 Å². The Morgan fingerprint density at radius 2 is 2.26 bits per heavy atom. The average Bonchev–Trinajstić information content (AvgIpc) is 2.41. The summed E-state index contributed by atoms with van der Waals surface area (Å²) in [5.74, 6) is -0.241. The Kier molecular flexibility index (Phi) is 6.92. The second-order valence-electron chi connectivity index (χ2n) is 4.37. The van der Waals surface area contributed by atoms with E-state index >= 15 is 0 Å². The van der Waals surface area contributed by atoms with Crippen molar-refractivity contribution >= 4 is 11.6 Å². The van der Waals surface area contributed by atoms with E-state index in [-0.39, 0.29) is 18.4 Å². The highest BCUT2D eigenvalue weighted by Crippen LogP contribution is 2.17. The van der Waals surface area contributed by atoms with Gasteiger partial charge in [0.15, 0.2) is 0 Å². The molecular formula is C14H22N2O3. The lowest BCUT2D eigenvalue weighted by Gasteiger charge is -2.13. The van der Waals surface area contributed by atoms with Gasteiger partial charge in [-0.3, -0.25) is 4.79 Å². The molecule has 1 amide bonds. The van der Waals surface area contributed by atoms with Gasteiger partial charge >= 0.3 is 0 Å². The van der Waals surface area contributed by atoms with Crippen molar-refractivity contribution in [2.45, 2.75) is 19.3 Å². The SMILES string of the molecule is CC(C(=O)NCCCOCCO)c1cccc(N)c1. The number of benzene rings is 1. The van der Waals surface area contributed by atoms with Crippen LogP contribution < -0.4 is 11.1 Å². The number of hydrogen-bond donors (Lipinski definition) is 3. The summed E-state index contributed by atoms with van der Waals surface area (Å²) < 4.78 is 5.11. The predicted octanol–water partition coefficient (Wildman–Crippen LogP) is 0.887. The van der Waals surface area contributed by atoms with E-state index in [1.807, 2.05) is 25.1 Å². The lowest BCUT2D eigenvalue weighted by molar-refractivity contribution is -0.122. The lowest BCUT2D eigenvalue weighted by atomic mass is 10.00. The highest BCUT2D eigenvalue weighted by Gasteiger charge is 2.14. The van der Waals surface area contributed by atoms with Crippen LogP contribution >= 0.6 is 0 Å². The van der Waals surface area contributed by atoms with E-state index in [1.54, 1.807) is 6.07 Å². The molecule has 5 heteroatoms. The Hall–Kier alpha value is -1.59. The maximum absolute atomic E-state index is 11.9. The number of aliphatic hydroxyl groups excluding tert-OH is 1. The Bertz CT molecular complexity index is 396. The molecule has 1 rings (SSSR count). The molecule has 5 nitrogen and oxygen atoms in total. The summed E-state index contributed by atoms with van der Waals surface area (Å²) in [5.41, 5.74) is 7.27. The summed E-state index contributed by atoms with van der Waals surface area (Å²) in [7, 11) is 0.